The molecule has 0 aromatic rings. The van der Waals surface area contributed by atoms with Crippen LogP contribution in [0.25, 0.3) is 0 Å². The van der Waals surface area contributed by atoms with Gasteiger partial charge in [0.1, 0.15) is 0 Å². The van der Waals surface area contributed by atoms with Crippen LogP contribution >= 0.6 is 0 Å². The van der Waals surface area contributed by atoms with Crippen molar-refractivity contribution in [1.29, 1.82) is 0 Å². The van der Waals surface area contributed by atoms with E-state index in [1.807, 2.05) is 0 Å². The standard InChI is InChI=1S/C12H23N3O2/c1-7-3-4-9(6-10(7)13)12(17)15-8(2)5-11(14)16/h7-10H,3-6,13H2,1-2H3,(H2,14,16)(H,15,17). The first-order valence-electron chi connectivity index (χ1n) is 6.24. The van der Waals surface area contributed by atoms with Gasteiger partial charge in [-0.3, -0.25) is 9.59 Å². The van der Waals surface area contributed by atoms with Crippen LogP contribution in [0.15, 0.2) is 0 Å². The second-order valence-electron chi connectivity index (χ2n) is 5.23. The first kappa shape index (κ1) is 14.0. The van der Waals surface area contributed by atoms with Gasteiger partial charge in [-0.15, -0.1) is 0 Å². The van der Waals surface area contributed by atoms with Gasteiger partial charge in [0.05, 0.1) is 0 Å². The number of carbonyl (C=O) groups is 2. The molecular formula is C12H23N3O2. The molecule has 0 aliphatic heterocycles. The fourth-order valence-electron chi connectivity index (χ4n) is 2.31. The summed E-state index contributed by atoms with van der Waals surface area (Å²) in [7, 11) is 0. The lowest BCUT2D eigenvalue weighted by atomic mass is 9.79. The van der Waals surface area contributed by atoms with E-state index in [4.69, 9.17) is 11.5 Å². The number of rotatable bonds is 4. The van der Waals surface area contributed by atoms with Crippen LogP contribution in [0, 0.1) is 11.8 Å². The number of hydrogen-bond acceptors (Lipinski definition) is 3. The van der Waals surface area contributed by atoms with Crippen molar-refractivity contribution in [1.82, 2.24) is 5.32 Å². The van der Waals surface area contributed by atoms with Gasteiger partial charge in [-0.25, -0.2) is 0 Å². The van der Waals surface area contributed by atoms with E-state index in [2.05, 4.69) is 12.2 Å². The molecule has 4 atom stereocenters. The molecular weight excluding hydrogens is 218 g/mol. The van der Waals surface area contributed by atoms with E-state index in [1.165, 1.54) is 0 Å². The molecule has 1 aliphatic rings. The Morgan fingerprint density at radius 3 is 2.59 bits per heavy atom. The third-order valence-electron chi connectivity index (χ3n) is 3.52. The zero-order chi connectivity index (χ0) is 13.0. The highest BCUT2D eigenvalue weighted by Gasteiger charge is 2.30. The molecule has 0 bridgehead atoms. The summed E-state index contributed by atoms with van der Waals surface area (Å²) in [5.41, 5.74) is 11.0. The molecule has 0 saturated heterocycles. The number of amides is 2. The van der Waals surface area contributed by atoms with Crippen LogP contribution in [0.4, 0.5) is 0 Å². The van der Waals surface area contributed by atoms with Gasteiger partial charge in [-0.1, -0.05) is 6.92 Å². The van der Waals surface area contributed by atoms with E-state index in [1.54, 1.807) is 6.92 Å². The second-order valence-corrected chi connectivity index (χ2v) is 5.23. The van der Waals surface area contributed by atoms with Crippen molar-refractivity contribution in [3.05, 3.63) is 0 Å². The summed E-state index contributed by atoms with van der Waals surface area (Å²) in [4.78, 5) is 22.6. The number of primary amides is 1. The van der Waals surface area contributed by atoms with Crippen LogP contribution in [-0.4, -0.2) is 23.9 Å². The van der Waals surface area contributed by atoms with E-state index >= 15 is 0 Å². The van der Waals surface area contributed by atoms with E-state index in [0.29, 0.717) is 5.92 Å². The highest BCUT2D eigenvalue weighted by atomic mass is 16.2. The summed E-state index contributed by atoms with van der Waals surface area (Å²) in [5.74, 6) is 0.0755. The van der Waals surface area contributed by atoms with Crippen LogP contribution in [0.2, 0.25) is 0 Å². The third-order valence-corrected chi connectivity index (χ3v) is 3.52. The number of nitrogens with one attached hydrogen (secondary N) is 1. The average molecular weight is 241 g/mol. The van der Waals surface area contributed by atoms with Crippen LogP contribution in [0.5, 0.6) is 0 Å². The number of carbonyl (C=O) groups excluding carboxylic acids is 2. The maximum atomic E-state index is 11.9. The van der Waals surface area contributed by atoms with Gasteiger partial charge in [0.25, 0.3) is 0 Å². The summed E-state index contributed by atoms with van der Waals surface area (Å²) in [5, 5.41) is 2.82. The lowest BCUT2D eigenvalue weighted by Crippen LogP contribution is -2.44. The molecule has 5 heteroatoms. The number of hydrogen-bond donors (Lipinski definition) is 3. The van der Waals surface area contributed by atoms with Crippen LogP contribution in [0.1, 0.15) is 39.5 Å². The molecule has 1 saturated carbocycles. The fraction of sp³-hybridized carbons (Fsp3) is 0.833. The Morgan fingerprint density at radius 1 is 1.41 bits per heavy atom. The summed E-state index contributed by atoms with van der Waals surface area (Å²) in [6, 6.07) is -0.0958. The van der Waals surface area contributed by atoms with E-state index in [9.17, 15) is 9.59 Å². The Hall–Kier alpha value is -1.10. The highest BCUT2D eigenvalue weighted by molar-refractivity contribution is 5.80. The Kier molecular flexibility index (Phi) is 4.93. The molecule has 0 spiro atoms. The van der Waals surface area contributed by atoms with Crippen molar-refractivity contribution >= 4 is 11.8 Å². The van der Waals surface area contributed by atoms with Gasteiger partial charge in [-0.2, -0.15) is 0 Å². The number of nitrogens with two attached hydrogens (primary N) is 2. The maximum Gasteiger partial charge on any atom is 0.223 e. The molecule has 4 unspecified atom stereocenters. The van der Waals surface area contributed by atoms with Crippen molar-refractivity contribution < 1.29 is 9.59 Å². The Morgan fingerprint density at radius 2 is 2.06 bits per heavy atom. The lowest BCUT2D eigenvalue weighted by molar-refractivity contribution is -0.127. The predicted octanol–water partition coefficient (Wildman–Crippen LogP) is 0.130. The summed E-state index contributed by atoms with van der Waals surface area (Å²) < 4.78 is 0. The molecule has 1 rings (SSSR count). The molecule has 5 nitrogen and oxygen atoms in total. The SMILES string of the molecule is CC(CC(N)=O)NC(=O)C1CCC(C)C(N)C1. The minimum absolute atomic E-state index is 0.00102. The van der Waals surface area contributed by atoms with Crippen molar-refractivity contribution in [2.45, 2.75) is 51.6 Å². The third kappa shape index (κ3) is 4.34. The van der Waals surface area contributed by atoms with Crippen molar-refractivity contribution in [2.24, 2.45) is 23.3 Å². The summed E-state index contributed by atoms with van der Waals surface area (Å²) in [6.07, 6.45) is 2.78. The molecule has 5 N–H and O–H groups in total. The Balaban J connectivity index is 2.40. The van der Waals surface area contributed by atoms with Gasteiger partial charge < -0.3 is 16.8 Å². The van der Waals surface area contributed by atoms with Crippen LogP contribution in [-0.2, 0) is 9.59 Å². The molecule has 2 amide bonds. The van der Waals surface area contributed by atoms with Gasteiger partial charge in [0, 0.05) is 24.4 Å². The lowest BCUT2D eigenvalue weighted by Gasteiger charge is -2.31. The molecule has 0 radical (unpaired) electrons. The predicted molar refractivity (Wildman–Crippen MR) is 65.9 cm³/mol. The molecule has 0 aromatic carbocycles. The molecule has 98 valence electrons. The maximum absolute atomic E-state index is 11.9. The minimum Gasteiger partial charge on any atom is -0.370 e. The van der Waals surface area contributed by atoms with E-state index in [-0.39, 0.29) is 30.3 Å². The Labute approximate surface area is 102 Å². The first-order valence-corrected chi connectivity index (χ1v) is 6.24. The van der Waals surface area contributed by atoms with Gasteiger partial charge in [0.15, 0.2) is 0 Å². The summed E-state index contributed by atoms with van der Waals surface area (Å²) >= 11 is 0. The van der Waals surface area contributed by atoms with Crippen LogP contribution in [0.3, 0.4) is 0 Å². The molecule has 0 heterocycles. The highest BCUT2D eigenvalue weighted by Crippen LogP contribution is 2.27. The van der Waals surface area contributed by atoms with Crippen LogP contribution < -0.4 is 16.8 Å². The topological polar surface area (TPSA) is 98.2 Å². The molecule has 1 fully saturated rings. The average Bonchev–Trinajstić information content (AvgIpc) is 2.20. The molecule has 0 aromatic heterocycles. The largest absolute Gasteiger partial charge is 0.370 e. The molecule has 17 heavy (non-hydrogen) atoms. The first-order chi connectivity index (χ1) is 7.90. The van der Waals surface area contributed by atoms with Gasteiger partial charge in [0.2, 0.25) is 11.8 Å². The van der Waals surface area contributed by atoms with Crippen molar-refractivity contribution in [3.63, 3.8) is 0 Å². The zero-order valence-corrected chi connectivity index (χ0v) is 10.6. The second kappa shape index (κ2) is 6.00. The fourth-order valence-corrected chi connectivity index (χ4v) is 2.31. The quantitative estimate of drug-likeness (QED) is 0.652. The van der Waals surface area contributed by atoms with E-state index in [0.717, 1.165) is 19.3 Å². The zero-order valence-electron chi connectivity index (χ0n) is 10.6. The molecule has 1 aliphatic carbocycles. The van der Waals surface area contributed by atoms with E-state index < -0.39 is 5.91 Å². The normalized spacial score (nSPS) is 30.6. The van der Waals surface area contributed by atoms with Crippen molar-refractivity contribution in [2.75, 3.05) is 0 Å². The summed E-state index contributed by atoms with van der Waals surface area (Å²) in [6.45, 7) is 3.91. The monoisotopic (exact) mass is 241 g/mol. The Bertz CT molecular complexity index is 293. The van der Waals surface area contributed by atoms with Crippen molar-refractivity contribution in [3.8, 4) is 0 Å². The van der Waals surface area contributed by atoms with Gasteiger partial charge in [-0.05, 0) is 32.1 Å². The minimum atomic E-state index is -0.397. The smallest absolute Gasteiger partial charge is 0.223 e. The van der Waals surface area contributed by atoms with Gasteiger partial charge >= 0.3 is 0 Å².